The molecule has 2 heteroatoms. The van der Waals surface area contributed by atoms with E-state index in [1.54, 1.807) is 0 Å². The highest BCUT2D eigenvalue weighted by molar-refractivity contribution is 5.40. The Morgan fingerprint density at radius 1 is 1.09 bits per heavy atom. The van der Waals surface area contributed by atoms with Crippen LogP contribution >= 0.6 is 0 Å². The quantitative estimate of drug-likeness (QED) is 0.804. The normalized spacial score (nSPS) is 31.7. The lowest BCUT2D eigenvalue weighted by Crippen LogP contribution is -2.43. The van der Waals surface area contributed by atoms with Gasteiger partial charge in [0.25, 0.3) is 0 Å². The standard InChI is InChI=1S/C21H31NO/c1-3-15-5-7-21(23-2)19(13-15)17-8-10-22(11-9-17)20-14-16-4-6-18(20)12-16/h5,7,13,16-18,20H,3-4,6,8-12,14H2,1-2H3/t16-,18?,20+/m0/s1. The van der Waals surface area contributed by atoms with Gasteiger partial charge < -0.3 is 9.64 Å². The van der Waals surface area contributed by atoms with Crippen LogP contribution < -0.4 is 4.74 Å². The van der Waals surface area contributed by atoms with E-state index in [0.29, 0.717) is 5.92 Å². The van der Waals surface area contributed by atoms with Gasteiger partial charge in [0.2, 0.25) is 0 Å². The van der Waals surface area contributed by atoms with E-state index in [9.17, 15) is 0 Å². The Morgan fingerprint density at radius 3 is 2.52 bits per heavy atom. The summed E-state index contributed by atoms with van der Waals surface area (Å²) >= 11 is 0. The molecular weight excluding hydrogens is 282 g/mol. The molecule has 0 N–H and O–H groups in total. The van der Waals surface area contributed by atoms with Crippen molar-refractivity contribution < 1.29 is 4.74 Å². The van der Waals surface area contributed by atoms with Gasteiger partial charge in [-0.25, -0.2) is 0 Å². The lowest BCUT2D eigenvalue weighted by atomic mass is 9.85. The fourth-order valence-corrected chi connectivity index (χ4v) is 5.52. The van der Waals surface area contributed by atoms with Crippen molar-refractivity contribution in [3.63, 3.8) is 0 Å². The highest BCUT2D eigenvalue weighted by Crippen LogP contribution is 2.47. The van der Waals surface area contributed by atoms with Crippen molar-refractivity contribution in [2.75, 3.05) is 20.2 Å². The second kappa shape index (κ2) is 6.47. The van der Waals surface area contributed by atoms with Crippen LogP contribution in [0.3, 0.4) is 0 Å². The Balaban J connectivity index is 1.43. The molecule has 1 aliphatic heterocycles. The number of methoxy groups -OCH3 is 1. The third kappa shape index (κ3) is 2.91. The zero-order chi connectivity index (χ0) is 15.8. The fourth-order valence-electron chi connectivity index (χ4n) is 5.52. The van der Waals surface area contributed by atoms with Crippen LogP contribution in [0.5, 0.6) is 5.75 Å². The third-order valence-corrected chi connectivity index (χ3v) is 6.84. The van der Waals surface area contributed by atoms with Crippen molar-refractivity contribution in [2.45, 2.75) is 63.8 Å². The maximum Gasteiger partial charge on any atom is 0.122 e. The van der Waals surface area contributed by atoms with Gasteiger partial charge in [-0.1, -0.05) is 25.5 Å². The second-order valence-corrected chi connectivity index (χ2v) is 7.98. The van der Waals surface area contributed by atoms with Gasteiger partial charge in [0.1, 0.15) is 5.75 Å². The van der Waals surface area contributed by atoms with Gasteiger partial charge in [0, 0.05) is 6.04 Å². The van der Waals surface area contributed by atoms with Gasteiger partial charge in [0.05, 0.1) is 7.11 Å². The van der Waals surface area contributed by atoms with Crippen molar-refractivity contribution in [3.05, 3.63) is 29.3 Å². The molecule has 1 saturated heterocycles. The molecule has 0 amide bonds. The molecule has 0 radical (unpaired) electrons. The summed E-state index contributed by atoms with van der Waals surface area (Å²) in [4.78, 5) is 2.83. The number of rotatable bonds is 4. The highest BCUT2D eigenvalue weighted by Gasteiger charge is 2.43. The first-order valence-corrected chi connectivity index (χ1v) is 9.69. The van der Waals surface area contributed by atoms with Crippen LogP contribution in [-0.2, 0) is 6.42 Å². The van der Waals surface area contributed by atoms with Crippen molar-refractivity contribution >= 4 is 0 Å². The summed E-state index contributed by atoms with van der Waals surface area (Å²) in [7, 11) is 1.81. The number of aryl methyl sites for hydroxylation is 1. The lowest BCUT2D eigenvalue weighted by Gasteiger charge is -2.40. The minimum absolute atomic E-state index is 0.686. The number of hydrogen-bond acceptors (Lipinski definition) is 2. The molecule has 23 heavy (non-hydrogen) atoms. The predicted octanol–water partition coefficient (Wildman–Crippen LogP) is 4.63. The van der Waals surface area contributed by atoms with Crippen LogP contribution in [0.1, 0.15) is 62.5 Å². The number of benzene rings is 1. The number of piperidine rings is 1. The molecule has 1 aromatic rings. The average Bonchev–Trinajstić information content (AvgIpc) is 3.24. The first-order chi connectivity index (χ1) is 11.3. The first-order valence-electron chi connectivity index (χ1n) is 9.69. The summed E-state index contributed by atoms with van der Waals surface area (Å²) < 4.78 is 5.65. The van der Waals surface area contributed by atoms with Gasteiger partial charge >= 0.3 is 0 Å². The molecule has 0 aromatic heterocycles. The molecule has 2 bridgehead atoms. The topological polar surface area (TPSA) is 12.5 Å². The Labute approximate surface area is 141 Å². The van der Waals surface area contributed by atoms with Crippen LogP contribution in [0.2, 0.25) is 0 Å². The van der Waals surface area contributed by atoms with E-state index in [1.807, 2.05) is 7.11 Å². The number of fused-ring (bicyclic) bond motifs is 2. The summed E-state index contributed by atoms with van der Waals surface area (Å²) in [5.74, 6) is 3.87. The van der Waals surface area contributed by atoms with Crippen molar-refractivity contribution in [2.24, 2.45) is 11.8 Å². The van der Waals surface area contributed by atoms with Crippen molar-refractivity contribution in [3.8, 4) is 5.75 Å². The molecule has 3 atom stereocenters. The molecule has 0 spiro atoms. The minimum Gasteiger partial charge on any atom is -0.496 e. The van der Waals surface area contributed by atoms with Gasteiger partial charge in [-0.2, -0.15) is 0 Å². The van der Waals surface area contributed by atoms with Crippen LogP contribution in [0, 0.1) is 11.8 Å². The van der Waals surface area contributed by atoms with Crippen LogP contribution in [0.15, 0.2) is 18.2 Å². The van der Waals surface area contributed by atoms with E-state index in [4.69, 9.17) is 4.74 Å². The number of likely N-dealkylation sites (tertiary alicyclic amines) is 1. The largest absolute Gasteiger partial charge is 0.496 e. The molecule has 2 nitrogen and oxygen atoms in total. The molecule has 4 rings (SSSR count). The Bertz CT molecular complexity index is 547. The molecule has 3 fully saturated rings. The number of nitrogens with zero attached hydrogens (tertiary/aromatic N) is 1. The van der Waals surface area contributed by atoms with Crippen LogP contribution in [0.25, 0.3) is 0 Å². The third-order valence-electron chi connectivity index (χ3n) is 6.84. The molecule has 2 saturated carbocycles. The van der Waals surface area contributed by atoms with E-state index in [1.165, 1.54) is 62.7 Å². The van der Waals surface area contributed by atoms with Gasteiger partial charge in [-0.3, -0.25) is 0 Å². The van der Waals surface area contributed by atoms with Gasteiger partial charge in [-0.05, 0) is 86.6 Å². The van der Waals surface area contributed by atoms with E-state index in [-0.39, 0.29) is 0 Å². The molecule has 1 unspecified atom stereocenters. The molecule has 1 aromatic carbocycles. The maximum atomic E-state index is 5.65. The van der Waals surface area contributed by atoms with E-state index < -0.39 is 0 Å². The van der Waals surface area contributed by atoms with E-state index >= 15 is 0 Å². The van der Waals surface area contributed by atoms with Gasteiger partial charge in [-0.15, -0.1) is 0 Å². The zero-order valence-corrected chi connectivity index (χ0v) is 14.8. The summed E-state index contributed by atoms with van der Waals surface area (Å²) in [5, 5.41) is 0. The zero-order valence-electron chi connectivity index (χ0n) is 14.8. The van der Waals surface area contributed by atoms with Crippen molar-refractivity contribution in [1.82, 2.24) is 4.90 Å². The minimum atomic E-state index is 0.686. The monoisotopic (exact) mass is 313 g/mol. The Morgan fingerprint density at radius 2 is 1.91 bits per heavy atom. The van der Waals surface area contributed by atoms with Crippen LogP contribution in [0.4, 0.5) is 0 Å². The maximum absolute atomic E-state index is 5.65. The highest BCUT2D eigenvalue weighted by atomic mass is 16.5. The first kappa shape index (κ1) is 15.5. The number of ether oxygens (including phenoxy) is 1. The lowest BCUT2D eigenvalue weighted by molar-refractivity contribution is 0.110. The second-order valence-electron chi connectivity index (χ2n) is 7.98. The van der Waals surface area contributed by atoms with Crippen molar-refractivity contribution in [1.29, 1.82) is 0 Å². The summed E-state index contributed by atoms with van der Waals surface area (Å²) in [5.41, 5.74) is 2.90. The van der Waals surface area contributed by atoms with Gasteiger partial charge in [0.15, 0.2) is 0 Å². The molecular formula is C21H31NO. The smallest absolute Gasteiger partial charge is 0.122 e. The fraction of sp³-hybridized carbons (Fsp3) is 0.714. The Hall–Kier alpha value is -1.02. The average molecular weight is 313 g/mol. The molecule has 126 valence electrons. The molecule has 1 heterocycles. The molecule has 2 aliphatic carbocycles. The Kier molecular flexibility index (Phi) is 4.36. The number of hydrogen-bond donors (Lipinski definition) is 0. The van der Waals surface area contributed by atoms with E-state index in [2.05, 4.69) is 30.0 Å². The van der Waals surface area contributed by atoms with Crippen LogP contribution in [-0.4, -0.2) is 31.1 Å². The predicted molar refractivity (Wildman–Crippen MR) is 95.2 cm³/mol. The van der Waals surface area contributed by atoms with E-state index in [0.717, 1.165) is 30.0 Å². The molecule has 3 aliphatic rings. The summed E-state index contributed by atoms with van der Waals surface area (Å²) in [6, 6.07) is 7.71. The summed E-state index contributed by atoms with van der Waals surface area (Å²) in [6.45, 7) is 4.82. The SMILES string of the molecule is CCc1ccc(OC)c(C2CCN([C@@H]3C[C@H]4CCC3C4)CC2)c1. The summed E-state index contributed by atoms with van der Waals surface area (Å²) in [6.07, 6.45) is 9.75.